The maximum atomic E-state index is 4.08. The normalized spacial score (nSPS) is 11.8. The molecule has 0 radical (unpaired) electrons. The van der Waals surface area contributed by atoms with Crippen LogP contribution in [0, 0.1) is 0 Å². The van der Waals surface area contributed by atoms with Crippen LogP contribution in [0.3, 0.4) is 0 Å². The maximum absolute atomic E-state index is 4.08. The van der Waals surface area contributed by atoms with Gasteiger partial charge in [0.25, 0.3) is 0 Å². The second kappa shape index (κ2) is 6.07. The first-order valence-electron chi connectivity index (χ1n) is 9.82. The van der Waals surface area contributed by atoms with Crippen LogP contribution >= 0.6 is 11.3 Å². The van der Waals surface area contributed by atoms with Gasteiger partial charge < -0.3 is 4.57 Å². The van der Waals surface area contributed by atoms with Crippen LogP contribution in [0.2, 0.25) is 0 Å². The second-order valence-electron chi connectivity index (χ2n) is 7.62. The fraction of sp³-hybridized carbons (Fsp3) is 0.0370. The van der Waals surface area contributed by atoms with Crippen LogP contribution in [0.25, 0.3) is 53.2 Å². The molecular formula is C27H19NS. The molecule has 0 saturated heterocycles. The number of thiophene rings is 1. The fourth-order valence-electron chi connectivity index (χ4n) is 4.39. The molecule has 0 unspecified atom stereocenters. The Bertz CT molecular complexity index is 1560. The predicted octanol–water partition coefficient (Wildman–Crippen LogP) is 8.18. The van der Waals surface area contributed by atoms with E-state index in [0.29, 0.717) is 0 Å². The van der Waals surface area contributed by atoms with Gasteiger partial charge in [0.15, 0.2) is 0 Å². The molecule has 2 aromatic heterocycles. The third-order valence-electron chi connectivity index (χ3n) is 5.79. The zero-order chi connectivity index (χ0) is 19.5. The van der Waals surface area contributed by atoms with Gasteiger partial charge in [-0.05, 0) is 47.5 Å². The first-order valence-corrected chi connectivity index (χ1v) is 10.6. The van der Waals surface area contributed by atoms with Crippen LogP contribution in [-0.2, 0) is 0 Å². The molecule has 0 aliphatic carbocycles. The third kappa shape index (κ3) is 2.33. The summed E-state index contributed by atoms with van der Waals surface area (Å²) >= 11 is 1.89. The van der Waals surface area contributed by atoms with Crippen LogP contribution in [0.4, 0.5) is 0 Å². The number of rotatable bonds is 2. The molecule has 2 heterocycles. The van der Waals surface area contributed by atoms with Crippen molar-refractivity contribution in [1.82, 2.24) is 4.57 Å². The molecule has 0 atom stereocenters. The van der Waals surface area contributed by atoms with E-state index in [-0.39, 0.29) is 0 Å². The molecule has 1 nitrogen and oxygen atoms in total. The molecular weight excluding hydrogens is 370 g/mol. The maximum Gasteiger partial charge on any atom is 0.0734 e. The molecule has 29 heavy (non-hydrogen) atoms. The van der Waals surface area contributed by atoms with Crippen LogP contribution in [-0.4, -0.2) is 4.57 Å². The highest BCUT2D eigenvalue weighted by molar-refractivity contribution is 7.27. The number of para-hydroxylation sites is 1. The lowest BCUT2D eigenvalue weighted by molar-refractivity contribution is 1.19. The van der Waals surface area contributed by atoms with Crippen molar-refractivity contribution in [3.8, 4) is 5.69 Å². The number of hydrogen-bond donors (Lipinski definition) is 0. The monoisotopic (exact) mass is 389 g/mol. The average molecular weight is 390 g/mol. The smallest absolute Gasteiger partial charge is 0.0734 e. The fourth-order valence-corrected chi connectivity index (χ4v) is 5.63. The Hall–Kier alpha value is -3.36. The average Bonchev–Trinajstić information content (AvgIpc) is 3.28. The first-order chi connectivity index (χ1) is 14.2. The van der Waals surface area contributed by atoms with Crippen molar-refractivity contribution in [1.29, 1.82) is 0 Å². The van der Waals surface area contributed by atoms with Gasteiger partial charge in [0.05, 0.1) is 15.7 Å². The minimum absolute atomic E-state index is 1.09. The Morgan fingerprint density at radius 2 is 1.52 bits per heavy atom. The van der Waals surface area contributed by atoms with Crippen molar-refractivity contribution >= 4 is 58.9 Å². The number of hydrogen-bond acceptors (Lipinski definition) is 1. The first kappa shape index (κ1) is 16.6. The summed E-state index contributed by atoms with van der Waals surface area (Å²) in [5.41, 5.74) is 6.03. The predicted molar refractivity (Wildman–Crippen MR) is 128 cm³/mol. The van der Waals surface area contributed by atoms with Crippen molar-refractivity contribution in [2.75, 3.05) is 0 Å². The van der Waals surface area contributed by atoms with Crippen LogP contribution < -0.4 is 0 Å². The van der Waals surface area contributed by atoms with Crippen molar-refractivity contribution < 1.29 is 0 Å². The van der Waals surface area contributed by atoms with E-state index in [1.54, 1.807) is 0 Å². The molecule has 6 aromatic rings. The zero-order valence-electron chi connectivity index (χ0n) is 16.1. The molecule has 0 bridgehead atoms. The van der Waals surface area contributed by atoms with Crippen molar-refractivity contribution in [3.05, 3.63) is 97.1 Å². The highest BCUT2D eigenvalue weighted by atomic mass is 32.1. The van der Waals surface area contributed by atoms with Crippen LogP contribution in [0.1, 0.15) is 12.5 Å². The highest BCUT2D eigenvalue weighted by Crippen LogP contribution is 2.44. The SMILES string of the molecule is C=C(C)c1ccc(-n2c3ccccc3c3sc4ccc5ccccc5c4c32)cc1. The van der Waals surface area contributed by atoms with E-state index in [1.165, 1.54) is 53.2 Å². The molecule has 0 fully saturated rings. The minimum atomic E-state index is 1.09. The van der Waals surface area contributed by atoms with Gasteiger partial charge in [-0.3, -0.25) is 0 Å². The Kier molecular flexibility index (Phi) is 3.47. The summed E-state index contributed by atoms with van der Waals surface area (Å²) in [7, 11) is 0. The van der Waals surface area contributed by atoms with E-state index >= 15 is 0 Å². The number of allylic oxidation sites excluding steroid dienone is 1. The molecule has 138 valence electrons. The van der Waals surface area contributed by atoms with Crippen LogP contribution in [0.5, 0.6) is 0 Å². The van der Waals surface area contributed by atoms with Crippen molar-refractivity contribution in [3.63, 3.8) is 0 Å². The highest BCUT2D eigenvalue weighted by Gasteiger charge is 2.18. The molecule has 0 N–H and O–H groups in total. The topological polar surface area (TPSA) is 4.93 Å². The van der Waals surface area contributed by atoms with E-state index in [0.717, 1.165) is 5.57 Å². The van der Waals surface area contributed by atoms with E-state index in [2.05, 4.69) is 103 Å². The Labute approximate surface area is 173 Å². The van der Waals surface area contributed by atoms with Gasteiger partial charge in [0.1, 0.15) is 0 Å². The van der Waals surface area contributed by atoms with Gasteiger partial charge in [0, 0.05) is 21.2 Å². The molecule has 6 rings (SSSR count). The van der Waals surface area contributed by atoms with E-state index in [4.69, 9.17) is 0 Å². The molecule has 0 saturated carbocycles. The second-order valence-corrected chi connectivity index (χ2v) is 8.67. The molecule has 0 aliphatic rings. The summed E-state index contributed by atoms with van der Waals surface area (Å²) < 4.78 is 5.13. The lowest BCUT2D eigenvalue weighted by Crippen LogP contribution is -1.94. The van der Waals surface area contributed by atoms with E-state index in [1.807, 2.05) is 11.3 Å². The lowest BCUT2D eigenvalue weighted by Gasteiger charge is -2.10. The summed E-state index contributed by atoms with van der Waals surface area (Å²) in [6, 6.07) is 30.7. The molecule has 0 aliphatic heterocycles. The lowest BCUT2D eigenvalue weighted by atomic mass is 10.1. The quantitative estimate of drug-likeness (QED) is 0.281. The van der Waals surface area contributed by atoms with Crippen LogP contribution in [0.15, 0.2) is 91.5 Å². The van der Waals surface area contributed by atoms with E-state index in [9.17, 15) is 0 Å². The summed E-state index contributed by atoms with van der Waals surface area (Å²) in [5, 5.41) is 5.27. The third-order valence-corrected chi connectivity index (χ3v) is 6.96. The molecule has 2 heteroatoms. The van der Waals surface area contributed by atoms with Gasteiger partial charge in [-0.1, -0.05) is 72.8 Å². The summed E-state index contributed by atoms with van der Waals surface area (Å²) in [5.74, 6) is 0. The molecule has 0 amide bonds. The van der Waals surface area contributed by atoms with Crippen molar-refractivity contribution in [2.45, 2.75) is 6.92 Å². The standard InChI is InChI=1S/C27H19NS/c1-17(2)18-11-14-20(15-12-18)28-23-10-6-5-9-22(23)27-26(28)25-21-8-4-3-7-19(21)13-16-24(25)29-27/h3-16H,1H2,2H3. The largest absolute Gasteiger partial charge is 0.308 e. The Balaban J connectivity index is 1.82. The molecule has 4 aromatic carbocycles. The number of benzene rings is 4. The van der Waals surface area contributed by atoms with Gasteiger partial charge in [0.2, 0.25) is 0 Å². The van der Waals surface area contributed by atoms with Gasteiger partial charge in [-0.15, -0.1) is 11.3 Å². The summed E-state index contributed by atoms with van der Waals surface area (Å²) in [4.78, 5) is 0. The van der Waals surface area contributed by atoms with Gasteiger partial charge >= 0.3 is 0 Å². The van der Waals surface area contributed by atoms with Gasteiger partial charge in [-0.25, -0.2) is 0 Å². The summed E-state index contributed by atoms with van der Waals surface area (Å²) in [6.45, 7) is 6.13. The zero-order valence-corrected chi connectivity index (χ0v) is 17.0. The number of fused-ring (bicyclic) bond motifs is 7. The number of aromatic nitrogens is 1. The Morgan fingerprint density at radius 3 is 2.31 bits per heavy atom. The number of nitrogens with zero attached hydrogens (tertiary/aromatic N) is 1. The van der Waals surface area contributed by atoms with Gasteiger partial charge in [-0.2, -0.15) is 0 Å². The Morgan fingerprint density at radius 1 is 0.793 bits per heavy atom. The molecule has 0 spiro atoms. The minimum Gasteiger partial charge on any atom is -0.308 e. The van der Waals surface area contributed by atoms with Crippen molar-refractivity contribution in [2.24, 2.45) is 0 Å². The van der Waals surface area contributed by atoms with E-state index < -0.39 is 0 Å². The summed E-state index contributed by atoms with van der Waals surface area (Å²) in [6.07, 6.45) is 0.